The molecule has 0 atom stereocenters. The maximum atomic E-state index is 13.1. The van der Waals surface area contributed by atoms with Crippen LogP contribution in [0.4, 0.5) is 0 Å². The highest BCUT2D eigenvalue weighted by Crippen LogP contribution is 2.28. The van der Waals surface area contributed by atoms with E-state index >= 15 is 0 Å². The Morgan fingerprint density at radius 3 is 2.36 bits per heavy atom. The van der Waals surface area contributed by atoms with Crippen LogP contribution >= 0.6 is 0 Å². The lowest BCUT2D eigenvalue weighted by atomic mass is 9.85. The number of ketones is 1. The number of ether oxygens (including phenoxy) is 2. The number of carbonyl (C=O) groups is 1. The molecule has 0 unspecified atom stereocenters. The van der Waals surface area contributed by atoms with Gasteiger partial charge in [0.25, 0.3) is 0 Å². The topological polar surface area (TPSA) is 94.5 Å². The second-order valence-corrected chi connectivity index (χ2v) is 9.06. The molecule has 0 bridgehead atoms. The molecule has 0 saturated carbocycles. The van der Waals surface area contributed by atoms with Gasteiger partial charge in [0, 0.05) is 11.1 Å². The standard InChI is InChI=1S/C24H33N5O3.CH4/c1-8-18(9-2)32-22-15(3)10-21-26-28(23(25)29(21)27-22)14-20(30)16-11-17(24(4,5)6)13-19(12-16)31-7;/h10-13,18,25H,8-9,14H2,1-7H3;1H4. The predicted octanol–water partition coefficient (Wildman–Crippen LogP) is 4.71. The molecule has 2 heterocycles. The van der Waals surface area contributed by atoms with Gasteiger partial charge in [0.1, 0.15) is 12.3 Å². The minimum Gasteiger partial charge on any atom is -0.497 e. The summed E-state index contributed by atoms with van der Waals surface area (Å²) in [5, 5.41) is 17.4. The Morgan fingerprint density at radius 2 is 1.79 bits per heavy atom. The van der Waals surface area contributed by atoms with Gasteiger partial charge < -0.3 is 9.47 Å². The first-order chi connectivity index (χ1) is 15.1. The number of carbonyl (C=O) groups excluding carboxylic acids is 1. The minimum absolute atomic E-state index is 0. The third-order valence-corrected chi connectivity index (χ3v) is 5.57. The van der Waals surface area contributed by atoms with Gasteiger partial charge in [-0.1, -0.05) is 42.0 Å². The Kier molecular flexibility index (Phi) is 8.06. The Labute approximate surface area is 196 Å². The molecule has 8 heteroatoms. The molecule has 0 aliphatic carbocycles. The summed E-state index contributed by atoms with van der Waals surface area (Å²) < 4.78 is 14.2. The maximum Gasteiger partial charge on any atom is 0.242 e. The van der Waals surface area contributed by atoms with Crippen LogP contribution in [0.5, 0.6) is 11.6 Å². The molecule has 0 fully saturated rings. The van der Waals surface area contributed by atoms with Crippen LogP contribution in [0, 0.1) is 12.3 Å². The summed E-state index contributed by atoms with van der Waals surface area (Å²) in [7, 11) is 1.59. The van der Waals surface area contributed by atoms with E-state index in [2.05, 4.69) is 44.8 Å². The molecular formula is C25H37N5O3. The molecule has 2 aromatic heterocycles. The van der Waals surface area contributed by atoms with Gasteiger partial charge in [0.15, 0.2) is 11.4 Å². The molecule has 8 nitrogen and oxygen atoms in total. The zero-order chi connectivity index (χ0) is 23.6. The molecule has 0 spiro atoms. The fraction of sp³-hybridized carbons (Fsp3) is 0.520. The highest BCUT2D eigenvalue weighted by atomic mass is 16.5. The van der Waals surface area contributed by atoms with Crippen molar-refractivity contribution in [3.05, 3.63) is 46.6 Å². The number of methoxy groups -OCH3 is 1. The van der Waals surface area contributed by atoms with Gasteiger partial charge in [-0.15, -0.1) is 10.2 Å². The minimum atomic E-state index is -0.151. The van der Waals surface area contributed by atoms with Gasteiger partial charge in [0.2, 0.25) is 11.5 Å². The van der Waals surface area contributed by atoms with Gasteiger partial charge >= 0.3 is 0 Å². The Hall–Kier alpha value is -3.16. The van der Waals surface area contributed by atoms with Crippen molar-refractivity contribution in [1.82, 2.24) is 19.4 Å². The number of hydrogen-bond donors (Lipinski definition) is 1. The van der Waals surface area contributed by atoms with Gasteiger partial charge in [-0.3, -0.25) is 10.2 Å². The third-order valence-electron chi connectivity index (χ3n) is 5.57. The van der Waals surface area contributed by atoms with Crippen molar-refractivity contribution in [2.75, 3.05) is 7.11 Å². The lowest BCUT2D eigenvalue weighted by molar-refractivity contribution is 0.0965. The van der Waals surface area contributed by atoms with Gasteiger partial charge in [-0.05, 0) is 55.0 Å². The molecule has 1 N–H and O–H groups in total. The molecule has 0 radical (unpaired) electrons. The average molecular weight is 456 g/mol. The summed E-state index contributed by atoms with van der Waals surface area (Å²) in [6.45, 7) is 12.2. The smallest absolute Gasteiger partial charge is 0.242 e. The second-order valence-electron chi connectivity index (χ2n) is 9.06. The lowest BCUT2D eigenvalue weighted by Gasteiger charge is -2.20. The summed E-state index contributed by atoms with van der Waals surface area (Å²) in [5.41, 5.74) is 2.76. The number of fused-ring (bicyclic) bond motifs is 1. The lowest BCUT2D eigenvalue weighted by Crippen LogP contribution is -2.27. The zero-order valence-electron chi connectivity index (χ0n) is 20.0. The van der Waals surface area contributed by atoms with Crippen molar-refractivity contribution < 1.29 is 14.3 Å². The van der Waals surface area contributed by atoms with E-state index in [1.807, 2.05) is 25.1 Å². The number of nitrogens with zero attached hydrogens (tertiary/aromatic N) is 4. The highest BCUT2D eigenvalue weighted by Gasteiger charge is 2.20. The first-order valence-electron chi connectivity index (χ1n) is 11.0. The van der Waals surface area contributed by atoms with E-state index in [1.165, 1.54) is 9.20 Å². The van der Waals surface area contributed by atoms with E-state index in [4.69, 9.17) is 14.9 Å². The van der Waals surface area contributed by atoms with E-state index in [-0.39, 0.29) is 36.9 Å². The van der Waals surface area contributed by atoms with E-state index < -0.39 is 0 Å². The number of benzene rings is 1. The van der Waals surface area contributed by atoms with E-state index in [9.17, 15) is 4.79 Å². The molecule has 1 aromatic carbocycles. The fourth-order valence-corrected chi connectivity index (χ4v) is 3.42. The quantitative estimate of drug-likeness (QED) is 0.496. The largest absolute Gasteiger partial charge is 0.497 e. The number of hydrogen-bond acceptors (Lipinski definition) is 6. The van der Waals surface area contributed by atoms with Gasteiger partial charge in [-0.2, -0.15) is 4.52 Å². The third kappa shape index (κ3) is 5.61. The van der Waals surface area contributed by atoms with Crippen LogP contribution in [-0.4, -0.2) is 38.4 Å². The Bertz CT molecular complexity index is 1180. The van der Waals surface area contributed by atoms with Crippen LogP contribution in [0.15, 0.2) is 24.3 Å². The van der Waals surface area contributed by atoms with Crippen LogP contribution in [0.1, 0.15) is 76.4 Å². The van der Waals surface area contributed by atoms with Crippen molar-refractivity contribution in [1.29, 1.82) is 5.41 Å². The normalized spacial score (nSPS) is 11.5. The van der Waals surface area contributed by atoms with E-state index in [1.54, 1.807) is 13.2 Å². The first kappa shape index (κ1) is 26.1. The summed E-state index contributed by atoms with van der Waals surface area (Å²) in [6, 6.07) is 7.38. The van der Waals surface area contributed by atoms with Crippen molar-refractivity contribution in [3.8, 4) is 11.6 Å². The first-order valence-corrected chi connectivity index (χ1v) is 11.0. The average Bonchev–Trinajstić information content (AvgIpc) is 3.05. The highest BCUT2D eigenvalue weighted by molar-refractivity contribution is 5.96. The van der Waals surface area contributed by atoms with E-state index in [0.717, 1.165) is 24.0 Å². The van der Waals surface area contributed by atoms with Crippen molar-refractivity contribution >= 4 is 11.4 Å². The monoisotopic (exact) mass is 455 g/mol. The molecule has 0 aliphatic rings. The fourth-order valence-electron chi connectivity index (χ4n) is 3.42. The summed E-state index contributed by atoms with van der Waals surface area (Å²) in [5.74, 6) is 0.965. The number of nitrogens with one attached hydrogen (secondary N) is 1. The maximum absolute atomic E-state index is 13.1. The second kappa shape index (κ2) is 10.2. The Morgan fingerprint density at radius 1 is 1.12 bits per heavy atom. The number of aromatic nitrogens is 4. The molecule has 0 amide bonds. The SMILES string of the molecule is C.CCC(CC)Oc1nn2c(=N)n(CC(=O)c3cc(OC)cc(C(C)(C)C)c3)nc2cc1C. The van der Waals surface area contributed by atoms with Crippen LogP contribution in [0.2, 0.25) is 0 Å². The van der Waals surface area contributed by atoms with Crippen molar-refractivity contribution in [2.45, 2.75) is 79.9 Å². The van der Waals surface area contributed by atoms with Crippen molar-refractivity contribution in [2.24, 2.45) is 0 Å². The molecule has 33 heavy (non-hydrogen) atoms. The van der Waals surface area contributed by atoms with Crippen molar-refractivity contribution in [3.63, 3.8) is 0 Å². The molecule has 3 rings (SSSR count). The van der Waals surface area contributed by atoms with Gasteiger partial charge in [0.05, 0.1) is 13.2 Å². The van der Waals surface area contributed by atoms with Crippen LogP contribution in [-0.2, 0) is 12.0 Å². The molecule has 3 aromatic rings. The summed E-state index contributed by atoms with van der Waals surface area (Å²) >= 11 is 0. The van der Waals surface area contributed by atoms with Gasteiger partial charge in [-0.25, -0.2) is 4.68 Å². The predicted molar refractivity (Wildman–Crippen MR) is 129 cm³/mol. The zero-order valence-corrected chi connectivity index (χ0v) is 20.0. The molecular weight excluding hydrogens is 418 g/mol. The summed E-state index contributed by atoms with van der Waals surface area (Å²) in [6.07, 6.45) is 1.81. The van der Waals surface area contributed by atoms with Crippen LogP contribution in [0.25, 0.3) is 5.65 Å². The van der Waals surface area contributed by atoms with Crippen LogP contribution in [0.3, 0.4) is 0 Å². The molecule has 180 valence electrons. The molecule has 0 aliphatic heterocycles. The number of rotatable bonds is 8. The van der Waals surface area contributed by atoms with Crippen LogP contribution < -0.4 is 15.1 Å². The number of aryl methyl sites for hydroxylation is 1. The Balaban J connectivity index is 0.00000385. The summed E-state index contributed by atoms with van der Waals surface area (Å²) in [4.78, 5) is 13.1. The number of Topliss-reactive ketones (excluding diaryl/α,β-unsaturated/α-hetero) is 1. The molecule has 0 saturated heterocycles. The van der Waals surface area contributed by atoms with E-state index in [0.29, 0.717) is 22.8 Å².